The number of nitrogens with zero attached hydrogens (tertiary/aromatic N) is 2. The Morgan fingerprint density at radius 3 is 2.65 bits per heavy atom. The Bertz CT molecular complexity index is 295. The molecule has 0 spiro atoms. The Morgan fingerprint density at radius 2 is 2.12 bits per heavy atom. The van der Waals surface area contributed by atoms with Gasteiger partial charge in [-0.3, -0.25) is 0 Å². The molecule has 2 amide bonds. The zero-order valence-corrected chi connectivity index (χ0v) is 10.3. The van der Waals surface area contributed by atoms with Crippen LogP contribution in [0.4, 0.5) is 4.79 Å². The second-order valence-corrected chi connectivity index (χ2v) is 4.45. The van der Waals surface area contributed by atoms with Gasteiger partial charge < -0.3 is 20.0 Å². The third-order valence-electron chi connectivity index (χ3n) is 2.98. The van der Waals surface area contributed by atoms with E-state index in [2.05, 4.69) is 0 Å². The third-order valence-corrected chi connectivity index (χ3v) is 2.98. The van der Waals surface area contributed by atoms with E-state index in [-0.39, 0.29) is 19.0 Å². The minimum atomic E-state index is -1.06. The van der Waals surface area contributed by atoms with E-state index < -0.39 is 18.1 Å². The van der Waals surface area contributed by atoms with Crippen molar-refractivity contribution >= 4 is 12.0 Å². The van der Waals surface area contributed by atoms with Crippen LogP contribution in [0.3, 0.4) is 0 Å². The number of carbonyl (C=O) groups is 2. The molecule has 0 aromatic carbocycles. The Morgan fingerprint density at radius 1 is 1.47 bits per heavy atom. The summed E-state index contributed by atoms with van der Waals surface area (Å²) in [6, 6.07) is -1.22. The third kappa shape index (κ3) is 3.33. The lowest BCUT2D eigenvalue weighted by molar-refractivity contribution is -0.141. The number of hydrogen-bond donors (Lipinski definition) is 2. The number of hydrogen-bond acceptors (Lipinski definition) is 3. The highest BCUT2D eigenvalue weighted by molar-refractivity contribution is 5.83. The van der Waals surface area contributed by atoms with Crippen LogP contribution in [0.5, 0.6) is 0 Å². The summed E-state index contributed by atoms with van der Waals surface area (Å²) < 4.78 is 0. The first-order valence-corrected chi connectivity index (χ1v) is 5.90. The molecule has 1 aliphatic heterocycles. The van der Waals surface area contributed by atoms with Crippen molar-refractivity contribution in [1.29, 1.82) is 0 Å². The molecule has 6 nitrogen and oxygen atoms in total. The maximum Gasteiger partial charge on any atom is 0.326 e. The van der Waals surface area contributed by atoms with Gasteiger partial charge in [-0.1, -0.05) is 13.3 Å². The lowest BCUT2D eigenvalue weighted by atomic mass is 10.2. The van der Waals surface area contributed by atoms with E-state index in [0.717, 1.165) is 12.8 Å². The molecular formula is C11H20N2O4. The van der Waals surface area contributed by atoms with Crippen LogP contribution in [0.25, 0.3) is 0 Å². The number of rotatable bonds is 4. The number of aliphatic hydroxyl groups excluding tert-OH is 1. The van der Waals surface area contributed by atoms with E-state index >= 15 is 0 Å². The van der Waals surface area contributed by atoms with Crippen molar-refractivity contribution in [3.8, 4) is 0 Å². The summed E-state index contributed by atoms with van der Waals surface area (Å²) >= 11 is 0. The molecule has 1 heterocycles. The average molecular weight is 244 g/mol. The molecule has 0 radical (unpaired) electrons. The van der Waals surface area contributed by atoms with Crippen molar-refractivity contribution < 1.29 is 19.8 Å². The standard InChI is InChI=1S/C11H20N2O4/c1-3-4-5-12(2)11(17)13-7-8(14)6-9(13)10(15)16/h8-9,14H,3-7H2,1-2H3,(H,15,16)/t8-,9-/m0/s1. The minimum absolute atomic E-state index is 0.103. The molecule has 0 unspecified atom stereocenters. The molecule has 0 aliphatic carbocycles. The molecule has 0 bridgehead atoms. The maximum atomic E-state index is 12.0. The van der Waals surface area contributed by atoms with Gasteiger partial charge in [-0.15, -0.1) is 0 Å². The smallest absolute Gasteiger partial charge is 0.326 e. The van der Waals surface area contributed by atoms with Crippen molar-refractivity contribution in [2.75, 3.05) is 20.1 Å². The van der Waals surface area contributed by atoms with Crippen LogP contribution in [-0.2, 0) is 4.79 Å². The number of carboxylic acids is 1. The summed E-state index contributed by atoms with van der Waals surface area (Å²) in [5, 5.41) is 18.4. The zero-order chi connectivity index (χ0) is 13.0. The molecule has 0 aromatic heterocycles. The number of carboxylic acid groups (broad SMARTS) is 1. The fraction of sp³-hybridized carbons (Fsp3) is 0.818. The molecule has 2 N–H and O–H groups in total. The molecule has 2 atom stereocenters. The van der Waals surface area contributed by atoms with E-state index in [1.165, 1.54) is 9.80 Å². The van der Waals surface area contributed by atoms with Crippen LogP contribution in [0.1, 0.15) is 26.2 Å². The first kappa shape index (κ1) is 13.8. The van der Waals surface area contributed by atoms with E-state index in [9.17, 15) is 14.7 Å². The van der Waals surface area contributed by atoms with Gasteiger partial charge in [0.1, 0.15) is 6.04 Å². The molecule has 1 fully saturated rings. The van der Waals surface area contributed by atoms with Crippen LogP contribution >= 0.6 is 0 Å². The Labute approximate surface area is 101 Å². The van der Waals surface area contributed by atoms with Crippen molar-refractivity contribution in [2.24, 2.45) is 0 Å². The number of aliphatic carboxylic acids is 1. The van der Waals surface area contributed by atoms with Gasteiger partial charge in [0.25, 0.3) is 0 Å². The zero-order valence-electron chi connectivity index (χ0n) is 10.3. The van der Waals surface area contributed by atoms with Gasteiger partial charge >= 0.3 is 12.0 Å². The lowest BCUT2D eigenvalue weighted by Gasteiger charge is -2.27. The highest BCUT2D eigenvalue weighted by atomic mass is 16.4. The number of amides is 2. The molecule has 0 saturated carbocycles. The van der Waals surface area contributed by atoms with Gasteiger partial charge in [0.05, 0.1) is 6.10 Å². The van der Waals surface area contributed by atoms with E-state index in [1.807, 2.05) is 6.92 Å². The summed E-state index contributed by atoms with van der Waals surface area (Å²) in [4.78, 5) is 25.7. The number of urea groups is 1. The van der Waals surface area contributed by atoms with Crippen LogP contribution in [0, 0.1) is 0 Å². The number of β-amino-alcohol motifs (C(OH)–C–C–N with tert-alkyl or cyclic N) is 1. The monoisotopic (exact) mass is 244 g/mol. The largest absolute Gasteiger partial charge is 0.480 e. The minimum Gasteiger partial charge on any atom is -0.480 e. The van der Waals surface area contributed by atoms with Crippen LogP contribution < -0.4 is 0 Å². The Hall–Kier alpha value is -1.30. The van der Waals surface area contributed by atoms with Gasteiger partial charge in [-0.05, 0) is 6.42 Å². The molecule has 6 heteroatoms. The van der Waals surface area contributed by atoms with Crippen molar-refractivity contribution in [3.63, 3.8) is 0 Å². The highest BCUT2D eigenvalue weighted by Crippen LogP contribution is 2.19. The molecule has 98 valence electrons. The van der Waals surface area contributed by atoms with Gasteiger partial charge in [0.2, 0.25) is 0 Å². The summed E-state index contributed by atoms with van der Waals surface area (Å²) in [6.45, 7) is 2.73. The van der Waals surface area contributed by atoms with Crippen molar-refractivity contribution in [2.45, 2.75) is 38.3 Å². The van der Waals surface area contributed by atoms with Gasteiger partial charge in [-0.2, -0.15) is 0 Å². The second-order valence-electron chi connectivity index (χ2n) is 4.45. The predicted octanol–water partition coefficient (Wildman–Crippen LogP) is 0.358. The first-order valence-electron chi connectivity index (χ1n) is 5.90. The topological polar surface area (TPSA) is 81.1 Å². The Balaban J connectivity index is 2.63. The summed E-state index contributed by atoms with van der Waals surface area (Å²) in [5.74, 6) is -1.06. The van der Waals surface area contributed by atoms with Crippen molar-refractivity contribution in [3.05, 3.63) is 0 Å². The van der Waals surface area contributed by atoms with E-state index in [1.54, 1.807) is 7.05 Å². The molecular weight excluding hydrogens is 224 g/mol. The second kappa shape index (κ2) is 5.86. The van der Waals surface area contributed by atoms with Crippen molar-refractivity contribution in [1.82, 2.24) is 9.80 Å². The summed E-state index contributed by atoms with van der Waals surface area (Å²) in [7, 11) is 1.65. The van der Waals surface area contributed by atoms with E-state index in [4.69, 9.17) is 5.11 Å². The summed E-state index contributed by atoms with van der Waals surface area (Å²) in [6.07, 6.45) is 1.24. The number of carbonyl (C=O) groups excluding carboxylic acids is 1. The average Bonchev–Trinajstić information content (AvgIpc) is 2.67. The van der Waals surface area contributed by atoms with Crippen LogP contribution in [0.15, 0.2) is 0 Å². The molecule has 0 aromatic rings. The quantitative estimate of drug-likeness (QED) is 0.748. The summed E-state index contributed by atoms with van der Waals surface area (Å²) in [5.41, 5.74) is 0. The fourth-order valence-electron chi connectivity index (χ4n) is 1.97. The number of aliphatic hydroxyl groups is 1. The normalized spacial score (nSPS) is 23.8. The predicted molar refractivity (Wildman–Crippen MR) is 61.7 cm³/mol. The Kier molecular flexibility index (Phi) is 4.74. The lowest BCUT2D eigenvalue weighted by Crippen LogP contribution is -2.47. The fourth-order valence-corrected chi connectivity index (χ4v) is 1.97. The first-order chi connectivity index (χ1) is 7.97. The van der Waals surface area contributed by atoms with Gasteiger partial charge in [0, 0.05) is 26.6 Å². The number of unbranched alkanes of at least 4 members (excludes halogenated alkanes) is 1. The molecule has 17 heavy (non-hydrogen) atoms. The molecule has 1 saturated heterocycles. The van der Waals surface area contributed by atoms with Crippen LogP contribution in [-0.4, -0.2) is 64.3 Å². The van der Waals surface area contributed by atoms with E-state index in [0.29, 0.717) is 6.54 Å². The highest BCUT2D eigenvalue weighted by Gasteiger charge is 2.39. The molecule has 1 rings (SSSR count). The van der Waals surface area contributed by atoms with Gasteiger partial charge in [0.15, 0.2) is 0 Å². The van der Waals surface area contributed by atoms with Gasteiger partial charge in [-0.25, -0.2) is 9.59 Å². The van der Waals surface area contributed by atoms with Crippen LogP contribution in [0.2, 0.25) is 0 Å². The molecule has 1 aliphatic rings. The SMILES string of the molecule is CCCCN(C)C(=O)N1C[C@@H](O)C[C@H]1C(=O)O. The number of likely N-dealkylation sites (tertiary alicyclic amines) is 1. The maximum absolute atomic E-state index is 12.0.